The summed E-state index contributed by atoms with van der Waals surface area (Å²) in [5, 5.41) is 3.45. The van der Waals surface area contributed by atoms with Crippen LogP contribution in [-0.4, -0.2) is 39.2 Å². The number of ether oxygens (including phenoxy) is 1. The van der Waals surface area contributed by atoms with E-state index in [-0.39, 0.29) is 11.9 Å². The van der Waals surface area contributed by atoms with Gasteiger partial charge in [-0.15, -0.1) is 0 Å². The molecule has 1 rings (SSSR count). The Bertz CT molecular complexity index is 382. The minimum absolute atomic E-state index is 0.203. The van der Waals surface area contributed by atoms with Crippen molar-refractivity contribution in [1.29, 1.82) is 0 Å². The fourth-order valence-electron chi connectivity index (χ4n) is 1.94. The van der Waals surface area contributed by atoms with Crippen LogP contribution in [0.3, 0.4) is 0 Å². The highest BCUT2D eigenvalue weighted by Crippen LogP contribution is 2.22. The monoisotopic (exact) mass is 268 g/mol. The number of hydrogen-bond donors (Lipinski definition) is 1. The average molecular weight is 268 g/mol. The molecule has 0 bridgehead atoms. The molecule has 108 valence electrons. The lowest BCUT2D eigenvalue weighted by molar-refractivity contribution is 0.383. The predicted octanol–water partition coefficient (Wildman–Crippen LogP) is 2.83. The van der Waals surface area contributed by atoms with Crippen LogP contribution in [0.2, 0.25) is 0 Å². The Morgan fingerprint density at radius 2 is 2.05 bits per heavy atom. The van der Waals surface area contributed by atoms with Crippen LogP contribution >= 0.6 is 0 Å². The van der Waals surface area contributed by atoms with Crippen LogP contribution in [0.1, 0.15) is 31.4 Å². The molecule has 0 aromatic heterocycles. The molecule has 0 radical (unpaired) electrons. The van der Waals surface area contributed by atoms with E-state index in [1.807, 2.05) is 0 Å². The van der Waals surface area contributed by atoms with Gasteiger partial charge in [0.15, 0.2) is 11.6 Å². The highest BCUT2D eigenvalue weighted by Gasteiger charge is 2.08. The molecule has 0 heterocycles. The Kier molecular flexibility index (Phi) is 6.81. The Morgan fingerprint density at radius 1 is 1.32 bits per heavy atom. The van der Waals surface area contributed by atoms with Crippen molar-refractivity contribution in [3.63, 3.8) is 0 Å². The quantitative estimate of drug-likeness (QED) is 0.734. The molecule has 0 fully saturated rings. The van der Waals surface area contributed by atoms with Gasteiger partial charge in [0.25, 0.3) is 0 Å². The second-order valence-electron chi connectivity index (χ2n) is 5.08. The third-order valence-corrected chi connectivity index (χ3v) is 3.16. The molecule has 1 aromatic carbocycles. The molecule has 1 N–H and O–H groups in total. The van der Waals surface area contributed by atoms with Gasteiger partial charge >= 0.3 is 0 Å². The summed E-state index contributed by atoms with van der Waals surface area (Å²) in [6.07, 6.45) is 2.32. The standard InChI is InChI=1S/C15H25FN2O/c1-12(17-9-5-6-10-18(2)3)13-7-8-14(16)15(11-13)19-4/h7-8,11-12,17H,5-6,9-10H2,1-4H3. The first kappa shape index (κ1) is 15.9. The third kappa shape index (κ3) is 5.57. The lowest BCUT2D eigenvalue weighted by Crippen LogP contribution is -2.21. The van der Waals surface area contributed by atoms with E-state index in [1.165, 1.54) is 19.6 Å². The van der Waals surface area contributed by atoms with Crippen LogP contribution in [0.4, 0.5) is 4.39 Å². The Balaban J connectivity index is 2.38. The molecular weight excluding hydrogens is 243 g/mol. The Labute approximate surface area is 115 Å². The molecule has 0 aliphatic carbocycles. The maximum atomic E-state index is 13.3. The molecule has 0 spiro atoms. The van der Waals surface area contributed by atoms with Crippen molar-refractivity contribution in [1.82, 2.24) is 10.2 Å². The zero-order valence-electron chi connectivity index (χ0n) is 12.4. The number of halogens is 1. The second kappa shape index (κ2) is 8.12. The van der Waals surface area contributed by atoms with E-state index in [0.717, 1.165) is 25.1 Å². The highest BCUT2D eigenvalue weighted by atomic mass is 19.1. The normalized spacial score (nSPS) is 12.7. The van der Waals surface area contributed by atoms with Gasteiger partial charge in [0.05, 0.1) is 7.11 Å². The average Bonchev–Trinajstić information content (AvgIpc) is 2.38. The van der Waals surface area contributed by atoms with Crippen LogP contribution in [0.25, 0.3) is 0 Å². The molecule has 1 atom stereocenters. The third-order valence-electron chi connectivity index (χ3n) is 3.16. The molecule has 0 amide bonds. The van der Waals surface area contributed by atoms with Crippen LogP contribution in [-0.2, 0) is 0 Å². The van der Waals surface area contributed by atoms with Crippen LogP contribution in [0.15, 0.2) is 18.2 Å². The summed E-state index contributed by atoms with van der Waals surface area (Å²) in [6, 6.07) is 5.22. The van der Waals surface area contributed by atoms with Gasteiger partial charge in [0.2, 0.25) is 0 Å². The predicted molar refractivity (Wildman–Crippen MR) is 77.2 cm³/mol. The molecule has 0 saturated heterocycles. The van der Waals surface area contributed by atoms with E-state index in [9.17, 15) is 4.39 Å². The van der Waals surface area contributed by atoms with Crippen LogP contribution in [0, 0.1) is 5.82 Å². The summed E-state index contributed by atoms with van der Waals surface area (Å²) in [4.78, 5) is 2.19. The zero-order valence-corrected chi connectivity index (χ0v) is 12.4. The number of nitrogens with one attached hydrogen (secondary N) is 1. The number of unbranched alkanes of at least 4 members (excludes halogenated alkanes) is 1. The van der Waals surface area contributed by atoms with Gasteiger partial charge in [0, 0.05) is 6.04 Å². The lowest BCUT2D eigenvalue weighted by Gasteiger charge is -2.16. The van der Waals surface area contributed by atoms with Crippen molar-refractivity contribution in [3.05, 3.63) is 29.6 Å². The minimum atomic E-state index is -0.315. The van der Waals surface area contributed by atoms with Crippen molar-refractivity contribution >= 4 is 0 Å². The van der Waals surface area contributed by atoms with E-state index in [2.05, 4.69) is 31.2 Å². The number of methoxy groups -OCH3 is 1. The van der Waals surface area contributed by atoms with Gasteiger partial charge in [-0.25, -0.2) is 4.39 Å². The molecule has 0 aliphatic heterocycles. The van der Waals surface area contributed by atoms with Gasteiger partial charge in [0.1, 0.15) is 0 Å². The van der Waals surface area contributed by atoms with Gasteiger partial charge in [-0.1, -0.05) is 6.07 Å². The molecule has 3 nitrogen and oxygen atoms in total. The zero-order chi connectivity index (χ0) is 14.3. The van der Waals surface area contributed by atoms with E-state index in [1.54, 1.807) is 12.1 Å². The first-order valence-electron chi connectivity index (χ1n) is 6.76. The summed E-state index contributed by atoms with van der Waals surface area (Å²) in [5.41, 5.74) is 1.05. The van der Waals surface area contributed by atoms with Gasteiger partial charge in [-0.2, -0.15) is 0 Å². The fraction of sp³-hybridized carbons (Fsp3) is 0.600. The number of nitrogens with zero attached hydrogens (tertiary/aromatic N) is 1. The molecule has 1 aromatic rings. The molecular formula is C15H25FN2O. The SMILES string of the molecule is COc1cc(C(C)NCCCCN(C)C)ccc1F. The second-order valence-corrected chi connectivity index (χ2v) is 5.08. The molecule has 0 aliphatic rings. The van der Waals surface area contributed by atoms with Crippen LogP contribution in [0.5, 0.6) is 5.75 Å². The van der Waals surface area contributed by atoms with Crippen molar-refractivity contribution in [2.75, 3.05) is 34.3 Å². The van der Waals surface area contributed by atoms with E-state index in [0.29, 0.717) is 5.75 Å². The number of benzene rings is 1. The van der Waals surface area contributed by atoms with Crippen molar-refractivity contribution in [2.24, 2.45) is 0 Å². The lowest BCUT2D eigenvalue weighted by atomic mass is 10.1. The van der Waals surface area contributed by atoms with E-state index in [4.69, 9.17) is 4.74 Å². The first-order chi connectivity index (χ1) is 9.04. The van der Waals surface area contributed by atoms with Gasteiger partial charge in [-0.05, 0) is 64.6 Å². The highest BCUT2D eigenvalue weighted by molar-refractivity contribution is 5.31. The summed E-state index contributed by atoms with van der Waals surface area (Å²) < 4.78 is 18.3. The molecule has 0 saturated carbocycles. The van der Waals surface area contributed by atoms with Crippen LogP contribution < -0.4 is 10.1 Å². The van der Waals surface area contributed by atoms with E-state index >= 15 is 0 Å². The number of rotatable bonds is 8. The van der Waals surface area contributed by atoms with Crippen molar-refractivity contribution in [3.8, 4) is 5.75 Å². The maximum Gasteiger partial charge on any atom is 0.165 e. The Hall–Kier alpha value is -1.13. The smallest absolute Gasteiger partial charge is 0.165 e. The summed E-state index contributed by atoms with van der Waals surface area (Å²) in [5.74, 6) is -0.0109. The topological polar surface area (TPSA) is 24.5 Å². The molecule has 4 heteroatoms. The summed E-state index contributed by atoms with van der Waals surface area (Å²) in [7, 11) is 5.66. The largest absolute Gasteiger partial charge is 0.494 e. The summed E-state index contributed by atoms with van der Waals surface area (Å²) in [6.45, 7) is 4.16. The van der Waals surface area contributed by atoms with Gasteiger partial charge < -0.3 is 15.0 Å². The molecule has 1 unspecified atom stereocenters. The minimum Gasteiger partial charge on any atom is -0.494 e. The van der Waals surface area contributed by atoms with Crippen molar-refractivity contribution in [2.45, 2.75) is 25.8 Å². The maximum absolute atomic E-state index is 13.3. The first-order valence-corrected chi connectivity index (χ1v) is 6.76. The Morgan fingerprint density at radius 3 is 2.68 bits per heavy atom. The fourth-order valence-corrected chi connectivity index (χ4v) is 1.94. The van der Waals surface area contributed by atoms with Crippen molar-refractivity contribution < 1.29 is 9.13 Å². The van der Waals surface area contributed by atoms with E-state index < -0.39 is 0 Å². The number of hydrogen-bond acceptors (Lipinski definition) is 3. The summed E-state index contributed by atoms with van der Waals surface area (Å²) >= 11 is 0. The molecule has 19 heavy (non-hydrogen) atoms. The van der Waals surface area contributed by atoms with Gasteiger partial charge in [-0.3, -0.25) is 0 Å².